The van der Waals surface area contributed by atoms with Gasteiger partial charge in [0.05, 0.1) is 17.6 Å². The van der Waals surface area contributed by atoms with Crippen LogP contribution >= 0.6 is 11.8 Å². The van der Waals surface area contributed by atoms with Crippen LogP contribution < -0.4 is 5.32 Å². The molecule has 0 aliphatic heterocycles. The van der Waals surface area contributed by atoms with Gasteiger partial charge < -0.3 is 13.6 Å². The Hall–Kier alpha value is -2.81. The zero-order valence-electron chi connectivity index (χ0n) is 14.7. The first-order valence-electron chi connectivity index (χ1n) is 8.07. The molecule has 0 bridgehead atoms. The lowest BCUT2D eigenvalue weighted by molar-refractivity contribution is -0.117. The Morgan fingerprint density at radius 1 is 1.31 bits per heavy atom. The summed E-state index contributed by atoms with van der Waals surface area (Å²) in [7, 11) is 1.75. The molecule has 0 radical (unpaired) electrons. The second-order valence-electron chi connectivity index (χ2n) is 5.61. The number of aryl methyl sites for hydroxylation is 2. The van der Waals surface area contributed by atoms with Gasteiger partial charge in [-0.25, -0.2) is 0 Å². The van der Waals surface area contributed by atoms with Crippen molar-refractivity contribution in [2.75, 3.05) is 5.75 Å². The number of thioether (sulfide) groups is 1. The molecule has 0 aliphatic rings. The molecule has 1 N–H and O–H groups in total. The van der Waals surface area contributed by atoms with E-state index in [0.29, 0.717) is 23.2 Å². The Morgan fingerprint density at radius 2 is 2.12 bits per heavy atom. The van der Waals surface area contributed by atoms with Crippen LogP contribution in [0.1, 0.15) is 23.2 Å². The number of carbonyl (C=O) groups excluding carboxylic acids is 2. The number of amides is 2. The Morgan fingerprint density at radius 3 is 2.73 bits per heavy atom. The summed E-state index contributed by atoms with van der Waals surface area (Å²) in [4.78, 5) is 24.2. The van der Waals surface area contributed by atoms with Crippen LogP contribution in [0.5, 0.6) is 0 Å². The highest BCUT2D eigenvalue weighted by Crippen LogP contribution is 2.26. The van der Waals surface area contributed by atoms with E-state index in [1.807, 2.05) is 24.5 Å². The standard InChI is InChI=1S/C17H19N5O3S/c1-4-22-15(12-7-9-25-11(12)2)19-20-17(22)26-10-14(23)18-16(24)13-6-5-8-21(13)3/h5-9H,4,10H2,1-3H3,(H,18,23,24). The number of hydrogen-bond donors (Lipinski definition) is 1. The summed E-state index contributed by atoms with van der Waals surface area (Å²) >= 11 is 1.23. The van der Waals surface area contributed by atoms with E-state index in [4.69, 9.17) is 4.42 Å². The Labute approximate surface area is 154 Å². The van der Waals surface area contributed by atoms with Crippen molar-refractivity contribution in [1.29, 1.82) is 0 Å². The van der Waals surface area contributed by atoms with E-state index in [-0.39, 0.29) is 11.7 Å². The van der Waals surface area contributed by atoms with Crippen LogP contribution in [-0.4, -0.2) is 36.9 Å². The number of nitrogens with zero attached hydrogens (tertiary/aromatic N) is 4. The molecule has 26 heavy (non-hydrogen) atoms. The van der Waals surface area contributed by atoms with Gasteiger partial charge >= 0.3 is 0 Å². The monoisotopic (exact) mass is 373 g/mol. The van der Waals surface area contributed by atoms with Crippen molar-refractivity contribution >= 4 is 23.6 Å². The lowest BCUT2D eigenvalue weighted by Crippen LogP contribution is -2.33. The van der Waals surface area contributed by atoms with Crippen molar-refractivity contribution in [3.05, 3.63) is 42.1 Å². The molecule has 2 amide bonds. The Bertz CT molecular complexity index is 940. The Balaban J connectivity index is 1.66. The summed E-state index contributed by atoms with van der Waals surface area (Å²) in [5, 5.41) is 11.4. The quantitative estimate of drug-likeness (QED) is 0.666. The molecule has 8 nitrogen and oxygen atoms in total. The number of rotatable bonds is 6. The molecular weight excluding hydrogens is 354 g/mol. The molecule has 0 saturated carbocycles. The van der Waals surface area contributed by atoms with Crippen molar-refractivity contribution in [2.24, 2.45) is 7.05 Å². The second kappa shape index (κ2) is 7.61. The van der Waals surface area contributed by atoms with Crippen LogP contribution in [0.3, 0.4) is 0 Å². The molecule has 0 aliphatic carbocycles. The molecule has 0 unspecified atom stereocenters. The molecule has 0 atom stereocenters. The fourth-order valence-electron chi connectivity index (χ4n) is 2.55. The molecule has 9 heteroatoms. The zero-order chi connectivity index (χ0) is 18.7. The SMILES string of the molecule is CCn1c(SCC(=O)NC(=O)c2cccn2C)nnc1-c1ccoc1C. The molecular formula is C17H19N5O3S. The van der Waals surface area contributed by atoms with E-state index in [1.54, 1.807) is 36.2 Å². The first-order chi connectivity index (χ1) is 12.5. The van der Waals surface area contributed by atoms with Gasteiger partial charge in [0.25, 0.3) is 5.91 Å². The lowest BCUT2D eigenvalue weighted by atomic mass is 10.2. The molecule has 0 fully saturated rings. The number of imide groups is 1. The van der Waals surface area contributed by atoms with E-state index in [1.165, 1.54) is 11.8 Å². The molecule has 3 aromatic rings. The summed E-state index contributed by atoms with van der Waals surface area (Å²) < 4.78 is 8.89. The molecule has 0 saturated heterocycles. The van der Waals surface area contributed by atoms with Crippen LogP contribution in [-0.2, 0) is 18.4 Å². The van der Waals surface area contributed by atoms with Gasteiger partial charge in [-0.1, -0.05) is 11.8 Å². The summed E-state index contributed by atoms with van der Waals surface area (Å²) in [6.07, 6.45) is 3.35. The second-order valence-corrected chi connectivity index (χ2v) is 6.55. The average Bonchev–Trinajstić information content (AvgIpc) is 3.31. The highest BCUT2D eigenvalue weighted by Gasteiger charge is 2.18. The summed E-state index contributed by atoms with van der Waals surface area (Å²) in [5.74, 6) is 0.720. The molecule has 3 aromatic heterocycles. The third kappa shape index (κ3) is 3.57. The van der Waals surface area contributed by atoms with Crippen molar-refractivity contribution < 1.29 is 14.0 Å². The maximum Gasteiger partial charge on any atom is 0.274 e. The third-order valence-corrected chi connectivity index (χ3v) is 4.86. The van der Waals surface area contributed by atoms with Gasteiger partial charge in [-0.05, 0) is 32.0 Å². The summed E-state index contributed by atoms with van der Waals surface area (Å²) in [6, 6.07) is 5.24. The van der Waals surface area contributed by atoms with E-state index in [2.05, 4.69) is 15.5 Å². The number of carbonyl (C=O) groups is 2. The maximum atomic E-state index is 12.1. The first kappa shape index (κ1) is 18.0. The van der Waals surface area contributed by atoms with Gasteiger partial charge in [-0.3, -0.25) is 14.9 Å². The molecule has 0 spiro atoms. The Kier molecular flexibility index (Phi) is 5.27. The lowest BCUT2D eigenvalue weighted by Gasteiger charge is -2.07. The number of aromatic nitrogens is 4. The van der Waals surface area contributed by atoms with Crippen LogP contribution in [0.15, 0.2) is 40.2 Å². The molecule has 3 rings (SSSR count). The van der Waals surface area contributed by atoms with E-state index in [9.17, 15) is 9.59 Å². The van der Waals surface area contributed by atoms with Gasteiger partial charge in [0.1, 0.15) is 11.5 Å². The van der Waals surface area contributed by atoms with Crippen molar-refractivity contribution in [3.8, 4) is 11.4 Å². The van der Waals surface area contributed by atoms with Gasteiger partial charge in [-0.2, -0.15) is 0 Å². The largest absolute Gasteiger partial charge is 0.469 e. The fraction of sp³-hybridized carbons (Fsp3) is 0.294. The van der Waals surface area contributed by atoms with Gasteiger partial charge in [0, 0.05) is 19.8 Å². The van der Waals surface area contributed by atoms with Crippen LogP contribution in [0, 0.1) is 6.92 Å². The van der Waals surface area contributed by atoms with Crippen LogP contribution in [0.4, 0.5) is 0 Å². The fourth-order valence-corrected chi connectivity index (χ4v) is 3.35. The minimum absolute atomic E-state index is 0.0681. The molecule has 3 heterocycles. The highest BCUT2D eigenvalue weighted by molar-refractivity contribution is 7.99. The van der Waals surface area contributed by atoms with Gasteiger partial charge in [0.15, 0.2) is 11.0 Å². The molecule has 136 valence electrons. The van der Waals surface area contributed by atoms with E-state index < -0.39 is 5.91 Å². The zero-order valence-corrected chi connectivity index (χ0v) is 15.5. The predicted octanol–water partition coefficient (Wildman–Crippen LogP) is 2.25. The third-order valence-electron chi connectivity index (χ3n) is 3.89. The number of nitrogens with one attached hydrogen (secondary N) is 1. The van der Waals surface area contributed by atoms with E-state index in [0.717, 1.165) is 11.3 Å². The van der Waals surface area contributed by atoms with Crippen molar-refractivity contribution in [2.45, 2.75) is 25.5 Å². The predicted molar refractivity (Wildman–Crippen MR) is 96.7 cm³/mol. The van der Waals surface area contributed by atoms with Crippen LogP contribution in [0.2, 0.25) is 0 Å². The van der Waals surface area contributed by atoms with E-state index >= 15 is 0 Å². The normalized spacial score (nSPS) is 10.9. The summed E-state index contributed by atoms with van der Waals surface area (Å²) in [6.45, 7) is 4.49. The highest BCUT2D eigenvalue weighted by atomic mass is 32.2. The number of hydrogen-bond acceptors (Lipinski definition) is 6. The van der Waals surface area contributed by atoms with Crippen molar-refractivity contribution in [1.82, 2.24) is 24.6 Å². The molecule has 0 aromatic carbocycles. The van der Waals surface area contributed by atoms with Gasteiger partial charge in [-0.15, -0.1) is 10.2 Å². The topological polar surface area (TPSA) is 95.0 Å². The van der Waals surface area contributed by atoms with Crippen molar-refractivity contribution in [3.63, 3.8) is 0 Å². The summed E-state index contributed by atoms with van der Waals surface area (Å²) in [5.41, 5.74) is 1.30. The van der Waals surface area contributed by atoms with Gasteiger partial charge in [0.2, 0.25) is 5.91 Å². The first-order valence-corrected chi connectivity index (χ1v) is 9.05. The minimum Gasteiger partial charge on any atom is -0.469 e. The van der Waals surface area contributed by atoms with Crippen LogP contribution in [0.25, 0.3) is 11.4 Å². The average molecular weight is 373 g/mol. The number of furan rings is 1. The maximum absolute atomic E-state index is 12.1. The smallest absolute Gasteiger partial charge is 0.274 e. The minimum atomic E-state index is -0.422.